The molecule has 7 rings (SSSR count). The molecule has 5 nitrogen and oxygen atoms in total. The fourth-order valence-corrected chi connectivity index (χ4v) is 6.85. The van der Waals surface area contributed by atoms with Crippen molar-refractivity contribution in [3.8, 4) is 11.5 Å². The van der Waals surface area contributed by atoms with Crippen LogP contribution in [-0.2, 0) is 18.3 Å². The van der Waals surface area contributed by atoms with E-state index in [1.807, 2.05) is 32.0 Å². The molecule has 1 spiro atoms. The Bertz CT molecular complexity index is 1180. The minimum Gasteiger partial charge on any atom is -0.504 e. The van der Waals surface area contributed by atoms with Crippen LogP contribution in [0.3, 0.4) is 0 Å². The molecular formula is C25H28N2O3. The number of ether oxygens (including phenoxy) is 1. The Kier molecular flexibility index (Phi) is 3.54. The van der Waals surface area contributed by atoms with Crippen molar-refractivity contribution < 1.29 is 14.9 Å². The molecule has 3 aromatic rings. The molecule has 1 aromatic heterocycles. The fourth-order valence-electron chi connectivity index (χ4n) is 6.85. The number of aromatic amines is 1. The number of aliphatic hydroxyl groups is 1. The third-order valence-electron chi connectivity index (χ3n) is 8.04. The number of likely N-dealkylation sites (N-methyl/N-ethyl adjacent to an activating group) is 1. The van der Waals surface area contributed by atoms with Crippen LogP contribution in [0.2, 0.25) is 0 Å². The summed E-state index contributed by atoms with van der Waals surface area (Å²) in [4.78, 5) is 5.92. The van der Waals surface area contributed by atoms with Crippen LogP contribution in [0.1, 0.15) is 48.8 Å². The summed E-state index contributed by atoms with van der Waals surface area (Å²) in [5.74, 6) is 0.760. The van der Waals surface area contributed by atoms with Crippen LogP contribution in [0.25, 0.3) is 10.9 Å². The van der Waals surface area contributed by atoms with Crippen molar-refractivity contribution in [1.29, 1.82) is 0 Å². The van der Waals surface area contributed by atoms with Gasteiger partial charge in [-0.3, -0.25) is 0 Å². The van der Waals surface area contributed by atoms with Gasteiger partial charge in [0.15, 0.2) is 17.6 Å². The summed E-state index contributed by atoms with van der Waals surface area (Å²) in [6.07, 6.45) is 1.91. The molecule has 2 aliphatic heterocycles. The van der Waals surface area contributed by atoms with Crippen molar-refractivity contribution in [1.82, 2.24) is 9.88 Å². The molecule has 30 heavy (non-hydrogen) atoms. The molecule has 156 valence electrons. The Labute approximate surface area is 176 Å². The lowest BCUT2D eigenvalue weighted by Crippen LogP contribution is -2.73. The van der Waals surface area contributed by atoms with Crippen molar-refractivity contribution in [3.63, 3.8) is 0 Å². The maximum atomic E-state index is 12.4. The van der Waals surface area contributed by atoms with Gasteiger partial charge in [0.05, 0.1) is 16.7 Å². The zero-order valence-electron chi connectivity index (χ0n) is 17.7. The van der Waals surface area contributed by atoms with Gasteiger partial charge in [0, 0.05) is 28.9 Å². The van der Waals surface area contributed by atoms with Crippen molar-refractivity contribution in [2.45, 2.75) is 56.3 Å². The van der Waals surface area contributed by atoms with Gasteiger partial charge in [-0.15, -0.1) is 0 Å². The number of likely N-dealkylation sites (tertiary alicyclic amines) is 1. The topological polar surface area (TPSA) is 68.7 Å². The van der Waals surface area contributed by atoms with E-state index in [2.05, 4.69) is 29.1 Å². The highest BCUT2D eigenvalue weighted by Crippen LogP contribution is 2.68. The molecule has 4 atom stereocenters. The highest BCUT2D eigenvalue weighted by molar-refractivity contribution is 5.86. The van der Waals surface area contributed by atoms with Gasteiger partial charge in [0.1, 0.15) is 0 Å². The average molecular weight is 405 g/mol. The van der Waals surface area contributed by atoms with Gasteiger partial charge in [-0.2, -0.15) is 0 Å². The number of aromatic hydroxyl groups is 1. The lowest BCUT2D eigenvalue weighted by atomic mass is 9.49. The largest absolute Gasteiger partial charge is 0.504 e. The number of hydrogen-bond donors (Lipinski definition) is 3. The van der Waals surface area contributed by atoms with E-state index in [-0.39, 0.29) is 17.9 Å². The van der Waals surface area contributed by atoms with Crippen molar-refractivity contribution in [2.75, 3.05) is 13.6 Å². The summed E-state index contributed by atoms with van der Waals surface area (Å²) < 4.78 is 6.51. The van der Waals surface area contributed by atoms with Crippen LogP contribution in [0.5, 0.6) is 11.5 Å². The van der Waals surface area contributed by atoms with Gasteiger partial charge in [0.2, 0.25) is 0 Å². The number of phenolic OH excluding ortho intramolecular Hbond substituents is 1. The molecule has 4 aliphatic rings. The smallest absolute Gasteiger partial charge is 0.166 e. The molecule has 1 saturated heterocycles. The number of H-pyrrole nitrogens is 1. The van der Waals surface area contributed by atoms with Gasteiger partial charge in [-0.25, -0.2) is 0 Å². The Morgan fingerprint density at radius 2 is 1.97 bits per heavy atom. The monoisotopic (exact) mass is 404 g/mol. The van der Waals surface area contributed by atoms with E-state index in [9.17, 15) is 10.2 Å². The van der Waals surface area contributed by atoms with Crippen LogP contribution in [-0.4, -0.2) is 45.3 Å². The number of piperidine rings is 1. The van der Waals surface area contributed by atoms with Crippen LogP contribution in [0, 0.1) is 0 Å². The second-order valence-electron chi connectivity index (χ2n) is 9.03. The molecular weight excluding hydrogens is 376 g/mol. The normalized spacial score (nSPS) is 32.7. The second kappa shape index (κ2) is 5.80. The van der Waals surface area contributed by atoms with Crippen molar-refractivity contribution >= 4 is 10.9 Å². The molecule has 3 N–H and O–H groups in total. The molecule has 3 heterocycles. The Morgan fingerprint density at radius 1 is 1.17 bits per heavy atom. The molecule has 0 amide bonds. The predicted octanol–water partition coefficient (Wildman–Crippen LogP) is 3.82. The first-order valence-electron chi connectivity index (χ1n) is 11.1. The van der Waals surface area contributed by atoms with Gasteiger partial charge in [0.25, 0.3) is 0 Å². The lowest BCUT2D eigenvalue weighted by Gasteiger charge is -2.62. The highest BCUT2D eigenvalue weighted by atomic mass is 16.5. The second-order valence-corrected chi connectivity index (χ2v) is 9.03. The van der Waals surface area contributed by atoms with Crippen LogP contribution in [0.15, 0.2) is 36.4 Å². The summed E-state index contributed by atoms with van der Waals surface area (Å²) >= 11 is 0. The maximum Gasteiger partial charge on any atom is 0.166 e. The number of nitrogens with zero attached hydrogens (tertiary/aromatic N) is 1. The van der Waals surface area contributed by atoms with Crippen molar-refractivity contribution in [2.24, 2.45) is 0 Å². The molecule has 2 aliphatic carbocycles. The quantitative estimate of drug-likeness (QED) is 0.533. The van der Waals surface area contributed by atoms with Crippen molar-refractivity contribution in [3.05, 3.63) is 58.8 Å². The van der Waals surface area contributed by atoms with E-state index >= 15 is 0 Å². The molecule has 0 radical (unpaired) electrons. The third-order valence-corrected chi connectivity index (χ3v) is 8.04. The van der Waals surface area contributed by atoms with Gasteiger partial charge < -0.3 is 24.8 Å². The minimum absolute atomic E-state index is 0.0390. The summed E-state index contributed by atoms with van der Waals surface area (Å²) in [6, 6.07) is 12.1. The molecule has 4 unspecified atom stereocenters. The molecule has 5 heteroatoms. The molecule has 1 fully saturated rings. The number of rotatable bonds is 0. The van der Waals surface area contributed by atoms with Gasteiger partial charge in [-0.05, 0) is 49.7 Å². The third kappa shape index (κ3) is 1.83. The Morgan fingerprint density at radius 3 is 2.80 bits per heavy atom. The average Bonchev–Trinajstić information content (AvgIpc) is 3.29. The van der Waals surface area contributed by atoms with E-state index in [0.717, 1.165) is 47.1 Å². The number of nitrogens with one attached hydrogen (secondary N) is 1. The fraction of sp³-hybridized carbons (Fsp3) is 0.440. The van der Waals surface area contributed by atoms with E-state index < -0.39 is 11.0 Å². The zero-order valence-corrected chi connectivity index (χ0v) is 17.7. The van der Waals surface area contributed by atoms with Gasteiger partial charge in [-0.1, -0.05) is 38.1 Å². The maximum absolute atomic E-state index is 12.4. The number of hydrogen-bond acceptors (Lipinski definition) is 4. The first kappa shape index (κ1) is 18.3. The summed E-state index contributed by atoms with van der Waals surface area (Å²) in [5.41, 5.74) is 4.13. The molecule has 2 aromatic carbocycles. The van der Waals surface area contributed by atoms with E-state index in [1.54, 1.807) is 6.07 Å². The van der Waals surface area contributed by atoms with E-state index in [4.69, 9.17) is 4.74 Å². The van der Waals surface area contributed by atoms with Gasteiger partial charge >= 0.3 is 0 Å². The summed E-state index contributed by atoms with van der Waals surface area (Å²) in [6.45, 7) is 4.91. The van der Waals surface area contributed by atoms with Crippen LogP contribution in [0.4, 0.5) is 0 Å². The number of aromatic nitrogens is 1. The standard InChI is InChI=1S/C23H22N2O3.C2H6/c1-25-9-8-22-18-12-6-7-16(26)20(18)28-21(22)19-14(11-23(22,27)17(25)10-12)13-4-2-3-5-15(13)24-19;1-2/h2-7,17,21,24,26-27H,8-11H2,1H3;1-2H3. The zero-order chi connectivity index (χ0) is 20.8. The number of para-hydroxylation sites is 1. The number of benzene rings is 2. The first-order chi connectivity index (χ1) is 14.5. The summed E-state index contributed by atoms with van der Waals surface area (Å²) in [5, 5.41) is 24.1. The predicted molar refractivity (Wildman–Crippen MR) is 116 cm³/mol. The number of phenols is 1. The highest BCUT2D eigenvalue weighted by Gasteiger charge is 2.72. The lowest BCUT2D eigenvalue weighted by molar-refractivity contribution is -0.167. The first-order valence-corrected chi connectivity index (χ1v) is 11.1. The Hall–Kier alpha value is -2.50. The van der Waals surface area contributed by atoms with Crippen LogP contribution >= 0.6 is 0 Å². The minimum atomic E-state index is -0.922. The summed E-state index contributed by atoms with van der Waals surface area (Å²) in [7, 11) is 2.12. The number of fused-ring (bicyclic) bond motifs is 4. The molecule has 2 bridgehead atoms. The van der Waals surface area contributed by atoms with E-state index in [1.165, 1.54) is 5.56 Å². The van der Waals surface area contributed by atoms with Crippen LogP contribution < -0.4 is 4.74 Å². The Balaban J connectivity index is 0.000000852. The SMILES string of the molecule is CC.CN1CCC23c4c5ccc(O)c4OC2c2[nH]c4ccccc4c2CC3(O)C1C5. The molecule has 0 saturated carbocycles. The van der Waals surface area contributed by atoms with E-state index in [0.29, 0.717) is 12.2 Å².